The van der Waals surface area contributed by atoms with Gasteiger partial charge in [-0.1, -0.05) is 364 Å². The first-order chi connectivity index (χ1) is 52.9. The fourth-order valence-corrected chi connectivity index (χ4v) is 22.6. The summed E-state index contributed by atoms with van der Waals surface area (Å²) < 4.78 is 93.6. The quantitative estimate of drug-likeness (QED) is 0.0362. The van der Waals surface area contributed by atoms with E-state index in [-0.39, 0.29) is 41.5 Å². The Kier molecular flexibility index (Phi) is 35.9. The van der Waals surface area contributed by atoms with Gasteiger partial charge in [-0.25, -0.2) is 4.79 Å². The van der Waals surface area contributed by atoms with Gasteiger partial charge in [0.1, 0.15) is 0 Å². The average molecular weight is 1810 g/mol. The topological polar surface area (TPSA) is 105 Å². The van der Waals surface area contributed by atoms with Crippen LogP contribution in [0.3, 0.4) is 0 Å². The molecule has 0 aliphatic carbocycles. The summed E-state index contributed by atoms with van der Waals surface area (Å²) in [6.45, 7) is 6.68. The van der Waals surface area contributed by atoms with E-state index in [1.54, 1.807) is 0 Å². The summed E-state index contributed by atoms with van der Waals surface area (Å²) in [6.07, 6.45) is -9.46. The molecular formula is C89H77BrF6N2O6P4PdSn. The van der Waals surface area contributed by atoms with Crippen LogP contribution in [0, 0.1) is 0 Å². The van der Waals surface area contributed by atoms with Crippen molar-refractivity contribution in [1.82, 2.24) is 9.97 Å². The van der Waals surface area contributed by atoms with Crippen LogP contribution in [0.4, 0.5) is 26.3 Å². The van der Waals surface area contributed by atoms with Crippen molar-refractivity contribution in [1.29, 1.82) is 0 Å². The molecule has 0 bridgehead atoms. The van der Waals surface area contributed by atoms with Crippen LogP contribution >= 0.6 is 47.6 Å². The van der Waals surface area contributed by atoms with Crippen LogP contribution < -0.4 is 67.6 Å². The Morgan fingerprint density at radius 2 is 0.509 bits per heavy atom. The molecule has 110 heavy (non-hydrogen) atoms. The largest absolute Gasteiger partial charge is 0.460 e. The van der Waals surface area contributed by atoms with E-state index in [0.717, 1.165) is 0 Å². The summed E-state index contributed by atoms with van der Waals surface area (Å²) in [6, 6.07) is 129. The van der Waals surface area contributed by atoms with E-state index in [0.29, 0.717) is 0 Å². The molecule has 12 aromatic carbocycles. The molecule has 14 rings (SSSR count). The van der Waals surface area contributed by atoms with E-state index < -0.39 is 105 Å². The van der Waals surface area contributed by atoms with Gasteiger partial charge in [-0.3, -0.25) is 0 Å². The van der Waals surface area contributed by atoms with E-state index in [4.69, 9.17) is 4.42 Å². The van der Waals surface area contributed by atoms with Gasteiger partial charge in [0.15, 0.2) is 5.69 Å². The second kappa shape index (κ2) is 45.5. The number of aromatic nitrogens is 2. The van der Waals surface area contributed by atoms with Gasteiger partial charge in [0.2, 0.25) is 5.76 Å². The maximum Gasteiger partial charge on any atom is 0.437 e. The fraction of sp³-hybridized carbons (Fsp3) is 0.101. The van der Waals surface area contributed by atoms with Crippen molar-refractivity contribution < 1.29 is 74.7 Å². The van der Waals surface area contributed by atoms with Crippen molar-refractivity contribution in [3.63, 3.8) is 0 Å². The van der Waals surface area contributed by atoms with Crippen LogP contribution in [-0.4, -0.2) is 56.3 Å². The number of benzene rings is 12. The number of hydrogen-bond acceptors (Lipinski definition) is 8. The summed E-state index contributed by atoms with van der Waals surface area (Å²) in [5.74, 6) is -4.09. The zero-order valence-electron chi connectivity index (χ0n) is 60.2. The molecule has 562 valence electrons. The number of rotatable bonds is 18. The van der Waals surface area contributed by atoms with Crippen molar-refractivity contribution in [2.45, 2.75) is 44.0 Å². The molecule has 0 aliphatic rings. The third-order valence-corrected chi connectivity index (χ3v) is 28.3. The number of ether oxygens (including phenoxy) is 2. The third-order valence-electron chi connectivity index (χ3n) is 15.3. The monoisotopic (exact) mass is 1810 g/mol. The minimum atomic E-state index is -4.75. The Hall–Kier alpha value is -8.76. The first kappa shape index (κ1) is 86.8. The number of esters is 2. The minimum Gasteiger partial charge on any atom is -0.460 e. The molecule has 0 aliphatic heterocycles. The number of halogens is 7. The molecule has 0 fully saturated rings. The summed E-state index contributed by atoms with van der Waals surface area (Å²) in [4.78, 5) is 28.4. The third kappa shape index (κ3) is 26.7. The molecule has 21 heteroatoms. The molecule has 2 aromatic heterocycles. The Morgan fingerprint density at radius 1 is 0.336 bits per heavy atom. The number of oxazole rings is 2. The van der Waals surface area contributed by atoms with Crippen LogP contribution in [0.15, 0.2) is 378 Å². The van der Waals surface area contributed by atoms with Gasteiger partial charge < -0.3 is 9.15 Å². The molecule has 2 radical (unpaired) electrons. The van der Waals surface area contributed by atoms with Crippen LogP contribution in [0.5, 0.6) is 0 Å². The standard InChI is InChI=1S/4C18H15P.C7H5BrF3NO3.C7H5F3NO3.C3H7.Pd.Sn/c4*1-4-10-16(11-5-1)19(17-12-6-2-7-13-17)18-14-8-3-9-15-18;1-2-14-5(13)3-4(7(9,10)11)12-6(8)15-3;1-2-13-6(12)4-5(7(8,9)10)11-3-14-4;1-3-2;;/h4*1-15H;2H2,1H3;2H2,1H3;3H,1-2H3;;. The molecule has 0 atom stereocenters. The van der Waals surface area contributed by atoms with Gasteiger partial charge in [0.25, 0.3) is 4.80 Å². The smallest absolute Gasteiger partial charge is 0.437 e. The molecule has 0 saturated carbocycles. The zero-order valence-corrected chi connectivity index (χ0v) is 69.8. The molecule has 0 N–H and O–H groups in total. The molecule has 0 amide bonds. The van der Waals surface area contributed by atoms with Crippen molar-refractivity contribution >= 4 is 148 Å². The zero-order chi connectivity index (χ0) is 77.2. The van der Waals surface area contributed by atoms with Gasteiger partial charge in [-0.2, -0.15) is 18.2 Å². The summed E-state index contributed by atoms with van der Waals surface area (Å²) in [7, 11) is -1.78. The Bertz CT molecular complexity index is 4070. The Morgan fingerprint density at radius 3 is 0.673 bits per heavy atom. The number of carbonyl (C=O) groups excluding carboxylic acids is 2. The molecule has 14 aromatic rings. The maximum absolute atomic E-state index is 12.7. The van der Waals surface area contributed by atoms with Crippen molar-refractivity contribution in [3.05, 3.63) is 392 Å². The Labute approximate surface area is 676 Å². The molecule has 8 nitrogen and oxygen atoms in total. The summed E-state index contributed by atoms with van der Waals surface area (Å²) in [5, 5.41) is 16.8. The number of nitrogens with zero attached hydrogens (tertiary/aromatic N) is 2. The summed E-state index contributed by atoms with van der Waals surface area (Å²) >= 11 is 1.25. The van der Waals surface area contributed by atoms with Crippen LogP contribution in [0.25, 0.3) is 0 Å². The van der Waals surface area contributed by atoms with Crippen molar-refractivity contribution in [2.75, 3.05) is 13.2 Å². The summed E-state index contributed by atoms with van der Waals surface area (Å²) in [5.41, 5.74) is -2.68. The Balaban J connectivity index is 0.000000166. The van der Waals surface area contributed by atoms with Gasteiger partial charge in [-0.15, -0.1) is 0 Å². The minimum absolute atomic E-state index is 0. The normalized spacial score (nSPS) is 10.8. The molecule has 0 saturated heterocycles. The van der Waals surface area contributed by atoms with Crippen molar-refractivity contribution in [3.8, 4) is 0 Å². The first-order valence-corrected chi connectivity index (χ1v) is 43.9. The van der Waals surface area contributed by atoms with Gasteiger partial charge in [0, 0.05) is 36.4 Å². The maximum atomic E-state index is 12.7. The second-order valence-electron chi connectivity index (χ2n) is 23.4. The molecule has 2 heterocycles. The number of alkyl halides is 6. The molecule has 0 unspecified atom stereocenters. The molecular weight excluding hydrogens is 1740 g/mol. The van der Waals surface area contributed by atoms with E-state index in [2.05, 4.69) is 404 Å². The van der Waals surface area contributed by atoms with Gasteiger partial charge in [0.05, 0.1) is 6.61 Å². The SMILES string of the molecule is CCOC(=O)c1o[c]([Sn][CH](C)C)nc1C(F)(F)F.CCOC(=O)c1oc(Br)nc1C(F)(F)F.[Pd].c1ccc(P(c2ccccc2)c2ccccc2)cc1.c1ccc(P(c2ccccc2)c2ccccc2)cc1.c1ccc(P(c2ccccc2)c2ccccc2)cc1.c1ccc(P(c2ccccc2)c2ccccc2)cc1. The van der Waals surface area contributed by atoms with Crippen LogP contribution in [-0.2, 0) is 42.2 Å². The predicted octanol–water partition coefficient (Wildman–Crippen LogP) is 18.4. The first-order valence-electron chi connectivity index (χ1n) is 34.6. The second-order valence-corrected chi connectivity index (χ2v) is 38.3. The van der Waals surface area contributed by atoms with Crippen LogP contribution in [0.2, 0.25) is 3.93 Å². The molecule has 0 spiro atoms. The van der Waals surface area contributed by atoms with E-state index >= 15 is 0 Å². The predicted molar refractivity (Wildman–Crippen MR) is 444 cm³/mol. The van der Waals surface area contributed by atoms with E-state index in [1.807, 2.05) is 13.8 Å². The van der Waals surface area contributed by atoms with Gasteiger partial charge >= 0.3 is 124 Å². The van der Waals surface area contributed by atoms with Crippen LogP contribution in [0.1, 0.15) is 60.2 Å². The average Bonchev–Trinajstić information content (AvgIpc) is 1.66. The number of carbonyl (C=O) groups is 2. The van der Waals surface area contributed by atoms with E-state index in [9.17, 15) is 35.9 Å². The van der Waals surface area contributed by atoms with Crippen molar-refractivity contribution in [2.24, 2.45) is 0 Å². The number of hydrogen-bond donors (Lipinski definition) is 0. The van der Waals surface area contributed by atoms with Gasteiger partial charge in [-0.05, 0) is 102 Å². The van der Waals surface area contributed by atoms with E-state index in [1.165, 1.54) is 77.5 Å². The fourth-order valence-electron chi connectivity index (χ4n) is 10.7.